The van der Waals surface area contributed by atoms with Crippen LogP contribution in [0.15, 0.2) is 72.7 Å². The van der Waals surface area contributed by atoms with E-state index in [0.717, 1.165) is 51.0 Å². The van der Waals surface area contributed by atoms with Crippen LogP contribution in [0.3, 0.4) is 0 Å². The molecule has 2 aliphatic heterocycles. The number of amides is 1. The van der Waals surface area contributed by atoms with Gasteiger partial charge >= 0.3 is 5.97 Å². The van der Waals surface area contributed by atoms with Gasteiger partial charge in [0.2, 0.25) is 0 Å². The second-order valence-corrected chi connectivity index (χ2v) is 12.3. The Bertz CT molecular complexity index is 1290. The number of likely N-dealkylation sites (tertiary alicyclic amines) is 1. The van der Waals surface area contributed by atoms with Crippen molar-refractivity contribution in [2.45, 2.75) is 77.2 Å². The Morgan fingerprint density at radius 3 is 2.44 bits per heavy atom. The Hall–Kier alpha value is -3.58. The van der Waals surface area contributed by atoms with E-state index in [1.807, 2.05) is 35.3 Å². The number of hydrogen-bond donors (Lipinski definition) is 0. The molecule has 43 heavy (non-hydrogen) atoms. The normalized spacial score (nSPS) is 18.8. The topological polar surface area (TPSA) is 68.3 Å². The Kier molecular flexibility index (Phi) is 10.6. The number of benzene rings is 2. The minimum atomic E-state index is -0.367. The van der Waals surface area contributed by atoms with Crippen molar-refractivity contribution in [3.8, 4) is 5.75 Å². The summed E-state index contributed by atoms with van der Waals surface area (Å²) in [5.41, 5.74) is 2.85. The average molecular weight is 587 g/mol. The standard InChI is InChI=1S/C36H46N2O5/c1-28-13-15-29(16-14-28)38(34(39)33-12-6-9-26-42-33)30-17-23-37(24-18-30)25-21-36(19-7-3-8-20-36)22-27-43-32-11-5-4-10-31(32)35(40)41-2/h4-5,9-16,26,30H,3,6-8,17-25,27H2,1-2H3. The van der Waals surface area contributed by atoms with Gasteiger partial charge in [-0.3, -0.25) is 4.79 Å². The highest BCUT2D eigenvalue weighted by molar-refractivity contribution is 6.04. The van der Waals surface area contributed by atoms with E-state index in [4.69, 9.17) is 14.2 Å². The zero-order chi connectivity index (χ0) is 30.1. The van der Waals surface area contributed by atoms with Crippen molar-refractivity contribution in [2.75, 3.05) is 38.3 Å². The first-order valence-electron chi connectivity index (χ1n) is 15.9. The summed E-state index contributed by atoms with van der Waals surface area (Å²) in [6, 6.07) is 15.7. The van der Waals surface area contributed by atoms with Crippen LogP contribution < -0.4 is 9.64 Å². The molecule has 0 atom stereocenters. The molecule has 0 radical (unpaired) electrons. The molecule has 2 aromatic rings. The third kappa shape index (κ3) is 7.88. The van der Waals surface area contributed by atoms with Gasteiger partial charge in [0, 0.05) is 24.8 Å². The van der Waals surface area contributed by atoms with E-state index in [1.165, 1.54) is 44.8 Å². The predicted octanol–water partition coefficient (Wildman–Crippen LogP) is 7.21. The number of para-hydroxylation sites is 1. The quantitative estimate of drug-likeness (QED) is 0.259. The summed E-state index contributed by atoms with van der Waals surface area (Å²) in [6.45, 7) is 5.66. The summed E-state index contributed by atoms with van der Waals surface area (Å²) in [6.07, 6.45) is 16.4. The van der Waals surface area contributed by atoms with E-state index in [9.17, 15) is 9.59 Å². The number of hydrogen-bond acceptors (Lipinski definition) is 6. The second kappa shape index (κ2) is 14.7. The Morgan fingerprint density at radius 1 is 1.00 bits per heavy atom. The van der Waals surface area contributed by atoms with Crippen molar-refractivity contribution in [1.29, 1.82) is 0 Å². The number of carbonyl (C=O) groups excluding carboxylic acids is 2. The lowest BCUT2D eigenvalue weighted by molar-refractivity contribution is -0.118. The van der Waals surface area contributed by atoms with Gasteiger partial charge in [-0.1, -0.05) is 49.1 Å². The van der Waals surface area contributed by atoms with E-state index in [-0.39, 0.29) is 23.3 Å². The molecule has 1 saturated heterocycles. The molecule has 1 amide bonds. The fraction of sp³-hybridized carbons (Fsp3) is 0.500. The van der Waals surface area contributed by atoms with Gasteiger partial charge in [-0.05, 0) is 100 Å². The van der Waals surface area contributed by atoms with Crippen molar-refractivity contribution >= 4 is 17.6 Å². The number of rotatable bonds is 11. The van der Waals surface area contributed by atoms with Crippen LogP contribution in [0.1, 0.15) is 80.1 Å². The molecule has 1 saturated carbocycles. The third-order valence-electron chi connectivity index (χ3n) is 9.45. The minimum absolute atomic E-state index is 0.0541. The smallest absolute Gasteiger partial charge is 0.341 e. The molecule has 2 heterocycles. The lowest BCUT2D eigenvalue weighted by Gasteiger charge is -2.42. The molecular weight excluding hydrogens is 540 g/mol. The van der Waals surface area contributed by atoms with E-state index in [1.54, 1.807) is 12.3 Å². The zero-order valence-electron chi connectivity index (χ0n) is 25.8. The van der Waals surface area contributed by atoms with Gasteiger partial charge in [-0.15, -0.1) is 0 Å². The van der Waals surface area contributed by atoms with Crippen LogP contribution in [0, 0.1) is 12.3 Å². The first-order valence-corrected chi connectivity index (χ1v) is 15.9. The summed E-state index contributed by atoms with van der Waals surface area (Å²) in [4.78, 5) is 30.4. The molecule has 5 rings (SSSR count). The van der Waals surface area contributed by atoms with E-state index in [2.05, 4.69) is 36.1 Å². The van der Waals surface area contributed by atoms with Crippen LogP contribution in [-0.2, 0) is 14.3 Å². The molecule has 230 valence electrons. The number of nitrogens with zero attached hydrogens (tertiary/aromatic N) is 2. The molecule has 3 aliphatic rings. The number of aryl methyl sites for hydroxylation is 1. The number of methoxy groups -OCH3 is 1. The van der Waals surface area contributed by atoms with Crippen molar-refractivity contribution < 1.29 is 23.8 Å². The average Bonchev–Trinajstić information content (AvgIpc) is 3.06. The van der Waals surface area contributed by atoms with Crippen molar-refractivity contribution in [1.82, 2.24) is 4.90 Å². The maximum Gasteiger partial charge on any atom is 0.341 e. The van der Waals surface area contributed by atoms with Gasteiger partial charge in [0.25, 0.3) is 5.91 Å². The lowest BCUT2D eigenvalue weighted by Crippen LogP contribution is -2.49. The van der Waals surface area contributed by atoms with Gasteiger partial charge in [-0.25, -0.2) is 4.79 Å². The summed E-state index contributed by atoms with van der Waals surface area (Å²) in [7, 11) is 1.40. The molecular formula is C36H46N2O5. The maximum absolute atomic E-state index is 13.7. The van der Waals surface area contributed by atoms with Crippen LogP contribution >= 0.6 is 0 Å². The summed E-state index contributed by atoms with van der Waals surface area (Å²) in [5.74, 6) is 0.595. The predicted molar refractivity (Wildman–Crippen MR) is 169 cm³/mol. The number of allylic oxidation sites excluding steroid dienone is 2. The number of piperidine rings is 1. The molecule has 0 N–H and O–H groups in total. The molecule has 2 fully saturated rings. The molecule has 1 aliphatic carbocycles. The molecule has 7 nitrogen and oxygen atoms in total. The first-order chi connectivity index (χ1) is 21.0. The van der Waals surface area contributed by atoms with E-state index >= 15 is 0 Å². The summed E-state index contributed by atoms with van der Waals surface area (Å²) in [5, 5.41) is 0. The van der Waals surface area contributed by atoms with Crippen LogP contribution in [0.2, 0.25) is 0 Å². The van der Waals surface area contributed by atoms with Crippen molar-refractivity contribution in [2.24, 2.45) is 5.41 Å². The molecule has 0 bridgehead atoms. The molecule has 7 heteroatoms. The fourth-order valence-electron chi connectivity index (χ4n) is 6.83. The van der Waals surface area contributed by atoms with Crippen molar-refractivity contribution in [3.05, 3.63) is 83.8 Å². The van der Waals surface area contributed by atoms with Gasteiger partial charge in [0.1, 0.15) is 11.3 Å². The number of ether oxygens (including phenoxy) is 3. The zero-order valence-corrected chi connectivity index (χ0v) is 25.8. The monoisotopic (exact) mass is 586 g/mol. The summed E-state index contributed by atoms with van der Waals surface area (Å²) < 4.78 is 16.7. The Labute approximate surface area is 256 Å². The fourth-order valence-corrected chi connectivity index (χ4v) is 6.83. The van der Waals surface area contributed by atoms with Gasteiger partial charge in [0.05, 0.1) is 20.0 Å². The second-order valence-electron chi connectivity index (χ2n) is 12.3. The van der Waals surface area contributed by atoms with Crippen LogP contribution in [0.5, 0.6) is 5.75 Å². The van der Waals surface area contributed by atoms with Gasteiger partial charge < -0.3 is 24.0 Å². The molecule has 0 spiro atoms. The highest BCUT2D eigenvalue weighted by atomic mass is 16.5. The highest BCUT2D eigenvalue weighted by Gasteiger charge is 2.35. The molecule has 0 unspecified atom stereocenters. The number of esters is 1. The van der Waals surface area contributed by atoms with E-state index in [0.29, 0.717) is 30.1 Å². The van der Waals surface area contributed by atoms with Crippen LogP contribution in [-0.4, -0.2) is 56.2 Å². The van der Waals surface area contributed by atoms with Crippen LogP contribution in [0.25, 0.3) is 0 Å². The van der Waals surface area contributed by atoms with Crippen molar-refractivity contribution in [3.63, 3.8) is 0 Å². The van der Waals surface area contributed by atoms with Gasteiger partial charge in [-0.2, -0.15) is 0 Å². The lowest BCUT2D eigenvalue weighted by atomic mass is 9.69. The number of anilines is 1. The van der Waals surface area contributed by atoms with Gasteiger partial charge in [0.15, 0.2) is 5.76 Å². The Morgan fingerprint density at radius 2 is 1.74 bits per heavy atom. The third-order valence-corrected chi connectivity index (χ3v) is 9.45. The largest absolute Gasteiger partial charge is 0.493 e. The first kappa shape index (κ1) is 30.9. The van der Waals surface area contributed by atoms with Crippen LogP contribution in [0.4, 0.5) is 5.69 Å². The molecule has 2 aromatic carbocycles. The maximum atomic E-state index is 13.7. The SMILES string of the molecule is COC(=O)c1ccccc1OCCC1(CCN2CCC(N(C(=O)C3=CCC=CO3)c3ccc(C)cc3)CC2)CCCCC1. The summed E-state index contributed by atoms with van der Waals surface area (Å²) >= 11 is 0. The highest BCUT2D eigenvalue weighted by Crippen LogP contribution is 2.43. The molecule has 0 aromatic heterocycles. The number of carbonyl (C=O) groups is 2. The van der Waals surface area contributed by atoms with E-state index < -0.39 is 0 Å². The Balaban J connectivity index is 1.18. The minimum Gasteiger partial charge on any atom is -0.493 e.